The van der Waals surface area contributed by atoms with Gasteiger partial charge in [0.15, 0.2) is 0 Å². The van der Waals surface area contributed by atoms with E-state index in [9.17, 15) is 29.9 Å². The zero-order valence-electron chi connectivity index (χ0n) is 25.4. The molecule has 0 radical (unpaired) electrons. The van der Waals surface area contributed by atoms with Crippen LogP contribution in [-0.4, -0.2) is 76.8 Å². The van der Waals surface area contributed by atoms with Crippen LogP contribution in [0.5, 0.6) is 5.75 Å². The van der Waals surface area contributed by atoms with E-state index in [4.69, 9.17) is 4.74 Å². The first-order chi connectivity index (χ1) is 21.2. The summed E-state index contributed by atoms with van der Waals surface area (Å²) in [5, 5.41) is 33.8. The minimum atomic E-state index is -1.29. The van der Waals surface area contributed by atoms with Gasteiger partial charge in [0.1, 0.15) is 5.75 Å². The van der Waals surface area contributed by atoms with Gasteiger partial charge in [0, 0.05) is 30.8 Å². The molecule has 0 unspecified atom stereocenters. The fraction of sp³-hybridized carbons (Fsp3) is 0.353. The predicted molar refractivity (Wildman–Crippen MR) is 166 cm³/mol. The van der Waals surface area contributed by atoms with Gasteiger partial charge < -0.3 is 30.1 Å². The summed E-state index contributed by atoms with van der Waals surface area (Å²) in [6.07, 6.45) is -0.774. The first-order valence-corrected chi connectivity index (χ1v) is 14.7. The lowest BCUT2D eigenvalue weighted by molar-refractivity contribution is 0.0640. The molecule has 0 aliphatic rings. The molecule has 0 saturated carbocycles. The molecule has 0 heterocycles. The number of carboxylic acid groups (broad SMARTS) is 1. The third-order valence-electron chi connectivity index (χ3n) is 7.11. The largest absolute Gasteiger partial charge is 0.497 e. The number of carbonyl (C=O) groups is 3. The van der Waals surface area contributed by atoms with E-state index in [2.05, 4.69) is 5.32 Å². The van der Waals surface area contributed by atoms with Crippen molar-refractivity contribution in [1.82, 2.24) is 15.1 Å². The van der Waals surface area contributed by atoms with E-state index >= 15 is 0 Å². The molecule has 3 amide bonds. The Hall–Kier alpha value is -4.88. The van der Waals surface area contributed by atoms with Crippen LogP contribution in [0.15, 0.2) is 72.8 Å². The molecule has 0 fully saturated rings. The van der Waals surface area contributed by atoms with E-state index in [-0.39, 0.29) is 42.1 Å². The summed E-state index contributed by atoms with van der Waals surface area (Å²) < 4.78 is 5.24. The Morgan fingerprint density at radius 1 is 0.909 bits per heavy atom. The number of rotatable bonds is 15. The molecule has 3 rings (SSSR count). The van der Waals surface area contributed by atoms with Crippen LogP contribution in [-0.2, 0) is 13.0 Å². The quantitative estimate of drug-likeness (QED) is 0.229. The number of nitrogens with one attached hydrogen (secondary N) is 1. The smallest absolute Gasteiger partial charge is 0.407 e. The number of methoxy groups -OCH3 is 1. The SMILES string of the molecule is CCCN(CCC)C(=O)c1cc(C#N)cc(C(=O)N[C@@H](Cc2ccccc2)[C@H](O)CN(Cc2cccc(OC)c2)C(=O)O)c1. The highest BCUT2D eigenvalue weighted by atomic mass is 16.5. The second kappa shape index (κ2) is 16.7. The topological polar surface area (TPSA) is 143 Å². The van der Waals surface area contributed by atoms with E-state index < -0.39 is 24.1 Å². The molecule has 0 spiro atoms. The summed E-state index contributed by atoms with van der Waals surface area (Å²) in [4.78, 5) is 41.8. The molecule has 232 valence electrons. The number of nitriles is 1. The Morgan fingerprint density at radius 3 is 2.18 bits per heavy atom. The second-order valence-corrected chi connectivity index (χ2v) is 10.6. The first-order valence-electron chi connectivity index (χ1n) is 14.7. The molecule has 3 aromatic carbocycles. The molecular weight excluding hydrogens is 560 g/mol. The number of hydrogen-bond acceptors (Lipinski definition) is 6. The predicted octanol–water partition coefficient (Wildman–Crippen LogP) is 4.71. The fourth-order valence-electron chi connectivity index (χ4n) is 4.94. The number of aliphatic hydroxyl groups excluding tert-OH is 1. The number of amides is 3. The summed E-state index contributed by atoms with van der Waals surface area (Å²) >= 11 is 0. The summed E-state index contributed by atoms with van der Waals surface area (Å²) in [5.74, 6) is -0.286. The number of carbonyl (C=O) groups excluding carboxylic acids is 2. The van der Waals surface area contributed by atoms with Gasteiger partial charge in [-0.05, 0) is 60.7 Å². The van der Waals surface area contributed by atoms with Crippen LogP contribution in [0, 0.1) is 11.3 Å². The normalized spacial score (nSPS) is 12.0. The molecule has 0 aliphatic heterocycles. The molecule has 3 aromatic rings. The van der Waals surface area contributed by atoms with Crippen molar-refractivity contribution in [2.75, 3.05) is 26.7 Å². The van der Waals surface area contributed by atoms with Crippen LogP contribution in [0.2, 0.25) is 0 Å². The third-order valence-corrected chi connectivity index (χ3v) is 7.11. The monoisotopic (exact) mass is 600 g/mol. The van der Waals surface area contributed by atoms with E-state index in [1.54, 1.807) is 29.2 Å². The summed E-state index contributed by atoms with van der Waals surface area (Å²) in [5.41, 5.74) is 1.98. The minimum Gasteiger partial charge on any atom is -0.497 e. The Kier molecular flexibility index (Phi) is 12.7. The highest BCUT2D eigenvalue weighted by Gasteiger charge is 2.27. The maximum absolute atomic E-state index is 13.6. The van der Waals surface area contributed by atoms with Gasteiger partial charge in [-0.2, -0.15) is 5.26 Å². The Bertz CT molecular complexity index is 1450. The summed E-state index contributed by atoms with van der Waals surface area (Å²) in [6.45, 7) is 4.76. The lowest BCUT2D eigenvalue weighted by Gasteiger charge is -2.29. The van der Waals surface area contributed by atoms with Crippen molar-refractivity contribution in [3.63, 3.8) is 0 Å². The molecule has 44 heavy (non-hydrogen) atoms. The van der Waals surface area contributed by atoms with Gasteiger partial charge in [-0.1, -0.05) is 56.3 Å². The lowest BCUT2D eigenvalue weighted by Crippen LogP contribution is -2.50. The van der Waals surface area contributed by atoms with Gasteiger partial charge in [0.05, 0.1) is 37.4 Å². The number of benzene rings is 3. The van der Waals surface area contributed by atoms with E-state index in [0.717, 1.165) is 23.3 Å². The van der Waals surface area contributed by atoms with Crippen LogP contribution in [0.4, 0.5) is 4.79 Å². The van der Waals surface area contributed by atoms with Gasteiger partial charge in [0.25, 0.3) is 11.8 Å². The van der Waals surface area contributed by atoms with E-state index in [1.807, 2.05) is 50.2 Å². The number of hydrogen-bond donors (Lipinski definition) is 3. The van der Waals surface area contributed by atoms with E-state index in [1.165, 1.54) is 25.3 Å². The van der Waals surface area contributed by atoms with Crippen LogP contribution < -0.4 is 10.1 Å². The molecule has 0 bridgehead atoms. The highest BCUT2D eigenvalue weighted by Crippen LogP contribution is 2.18. The molecule has 10 nitrogen and oxygen atoms in total. The number of ether oxygens (including phenoxy) is 1. The number of aliphatic hydroxyl groups is 1. The standard InChI is InChI=1S/C34H40N4O6/c1-4-14-37(15-5-2)33(41)28-17-26(21-35)16-27(20-28)32(40)36-30(19-24-10-7-6-8-11-24)31(39)23-38(34(42)43)22-25-12-9-13-29(18-25)44-3/h6-13,16-18,20,30-31,39H,4-5,14-15,19,22-23H2,1-3H3,(H,36,40)(H,42,43)/t30-,31+/m0/s1. The van der Waals surface area contributed by atoms with Crippen molar-refractivity contribution in [3.8, 4) is 11.8 Å². The molecule has 0 aliphatic carbocycles. The van der Waals surface area contributed by atoms with Gasteiger partial charge in [-0.3, -0.25) is 9.59 Å². The molecule has 3 N–H and O–H groups in total. The molecular formula is C34H40N4O6. The molecule has 0 aromatic heterocycles. The Morgan fingerprint density at radius 2 is 1.57 bits per heavy atom. The third kappa shape index (κ3) is 9.57. The zero-order chi connectivity index (χ0) is 32.1. The van der Waals surface area contributed by atoms with Crippen molar-refractivity contribution in [2.24, 2.45) is 0 Å². The zero-order valence-corrected chi connectivity index (χ0v) is 25.4. The van der Waals surface area contributed by atoms with Crippen LogP contribution in [0.1, 0.15) is 64.1 Å². The minimum absolute atomic E-state index is 0.00268. The summed E-state index contributed by atoms with van der Waals surface area (Å²) in [6, 6.07) is 21.6. The fourth-order valence-corrected chi connectivity index (χ4v) is 4.94. The van der Waals surface area contributed by atoms with Crippen LogP contribution in [0.3, 0.4) is 0 Å². The average Bonchev–Trinajstić information content (AvgIpc) is 3.03. The van der Waals surface area contributed by atoms with Gasteiger partial charge in [0.2, 0.25) is 0 Å². The average molecular weight is 601 g/mol. The summed E-state index contributed by atoms with van der Waals surface area (Å²) in [7, 11) is 1.52. The highest BCUT2D eigenvalue weighted by molar-refractivity contribution is 6.00. The van der Waals surface area contributed by atoms with E-state index in [0.29, 0.717) is 24.4 Å². The van der Waals surface area contributed by atoms with Gasteiger partial charge in [-0.15, -0.1) is 0 Å². The van der Waals surface area contributed by atoms with Crippen LogP contribution >= 0.6 is 0 Å². The first kappa shape index (κ1) is 33.6. The molecule has 0 saturated heterocycles. The van der Waals surface area contributed by atoms with Crippen molar-refractivity contribution in [3.05, 3.63) is 101 Å². The van der Waals surface area contributed by atoms with Crippen molar-refractivity contribution in [1.29, 1.82) is 5.26 Å². The van der Waals surface area contributed by atoms with Gasteiger partial charge in [-0.25, -0.2) is 4.79 Å². The lowest BCUT2D eigenvalue weighted by atomic mass is 9.99. The molecule has 2 atom stereocenters. The second-order valence-electron chi connectivity index (χ2n) is 10.6. The Labute approximate surface area is 258 Å². The van der Waals surface area contributed by atoms with Crippen molar-refractivity contribution >= 4 is 17.9 Å². The van der Waals surface area contributed by atoms with Crippen LogP contribution in [0.25, 0.3) is 0 Å². The number of nitrogens with zero attached hydrogens (tertiary/aromatic N) is 3. The maximum Gasteiger partial charge on any atom is 0.407 e. The van der Waals surface area contributed by atoms with Crippen molar-refractivity contribution < 1.29 is 29.3 Å². The Balaban J connectivity index is 1.88. The van der Waals surface area contributed by atoms with Crippen molar-refractivity contribution in [2.45, 2.75) is 51.8 Å². The molecule has 10 heteroatoms. The van der Waals surface area contributed by atoms with Gasteiger partial charge >= 0.3 is 6.09 Å². The maximum atomic E-state index is 13.6.